The molecule has 1 aromatic rings. The van der Waals surface area contributed by atoms with E-state index in [1.165, 1.54) is 0 Å². The number of sulfone groups is 1. The largest absolute Gasteiger partial charge is 0.367 e. The average molecular weight is 340 g/mol. The molecule has 128 valence electrons. The first-order chi connectivity index (χ1) is 10.8. The molecule has 1 fully saturated rings. The third kappa shape index (κ3) is 4.82. The van der Waals surface area contributed by atoms with Gasteiger partial charge in [0.2, 0.25) is 0 Å². The Morgan fingerprint density at radius 1 is 1.43 bits per heavy atom. The maximum Gasteiger partial charge on any atom is 0.320 e. The van der Waals surface area contributed by atoms with Crippen molar-refractivity contribution >= 4 is 27.4 Å². The number of anilines is 2. The first-order valence-electron chi connectivity index (χ1n) is 7.81. The van der Waals surface area contributed by atoms with Gasteiger partial charge in [0, 0.05) is 18.6 Å². The number of hydrogen-bond acceptors (Lipinski definition) is 5. The maximum absolute atomic E-state index is 11.7. The number of pyridine rings is 1. The topological polar surface area (TPSA) is 91.4 Å². The molecule has 0 spiro atoms. The van der Waals surface area contributed by atoms with Crippen LogP contribution >= 0.6 is 0 Å². The van der Waals surface area contributed by atoms with Crippen molar-refractivity contribution < 1.29 is 13.2 Å². The Morgan fingerprint density at radius 3 is 2.65 bits per heavy atom. The Kier molecular flexibility index (Phi) is 5.46. The molecule has 8 heteroatoms. The van der Waals surface area contributed by atoms with E-state index in [0.717, 1.165) is 5.69 Å². The number of nitrogens with zero attached hydrogens (tertiary/aromatic N) is 2. The van der Waals surface area contributed by atoms with Crippen LogP contribution in [0.4, 0.5) is 16.3 Å². The lowest BCUT2D eigenvalue weighted by molar-refractivity contribution is 0.250. The number of hydrogen-bond donors (Lipinski definition) is 2. The van der Waals surface area contributed by atoms with Gasteiger partial charge in [-0.3, -0.25) is 5.32 Å². The third-order valence-corrected chi connectivity index (χ3v) is 5.48. The van der Waals surface area contributed by atoms with E-state index in [1.54, 1.807) is 12.3 Å². The summed E-state index contributed by atoms with van der Waals surface area (Å²) in [6.07, 6.45) is 2.31. The lowest BCUT2D eigenvalue weighted by atomic mass is 10.2. The lowest BCUT2D eigenvalue weighted by Crippen LogP contribution is -2.36. The van der Waals surface area contributed by atoms with Crippen LogP contribution in [-0.4, -0.2) is 49.6 Å². The molecule has 1 atom stereocenters. The number of carbonyl (C=O) groups is 1. The van der Waals surface area contributed by atoms with Crippen molar-refractivity contribution in [2.45, 2.75) is 39.3 Å². The lowest BCUT2D eigenvalue weighted by Gasteiger charge is -2.28. The Morgan fingerprint density at radius 2 is 2.17 bits per heavy atom. The first kappa shape index (κ1) is 17.5. The van der Waals surface area contributed by atoms with E-state index < -0.39 is 9.84 Å². The van der Waals surface area contributed by atoms with Crippen LogP contribution in [0.25, 0.3) is 0 Å². The highest BCUT2D eigenvalue weighted by Gasteiger charge is 2.31. The summed E-state index contributed by atoms with van der Waals surface area (Å²) in [5.74, 6) is 0.899. The highest BCUT2D eigenvalue weighted by Crippen LogP contribution is 2.24. The van der Waals surface area contributed by atoms with Crippen molar-refractivity contribution in [2.24, 2.45) is 0 Å². The molecule has 0 saturated carbocycles. The number of rotatable bonds is 5. The van der Waals surface area contributed by atoms with Gasteiger partial charge in [0.15, 0.2) is 9.84 Å². The number of nitrogens with one attached hydrogen (secondary N) is 2. The van der Waals surface area contributed by atoms with E-state index in [0.29, 0.717) is 18.8 Å². The van der Waals surface area contributed by atoms with Crippen LogP contribution in [0.15, 0.2) is 18.3 Å². The molecule has 0 aromatic carbocycles. The molecule has 1 saturated heterocycles. The molecule has 2 heterocycles. The van der Waals surface area contributed by atoms with E-state index in [1.807, 2.05) is 26.8 Å². The van der Waals surface area contributed by atoms with Gasteiger partial charge >= 0.3 is 6.03 Å². The number of urea groups is 1. The van der Waals surface area contributed by atoms with Gasteiger partial charge in [-0.15, -0.1) is 0 Å². The summed E-state index contributed by atoms with van der Waals surface area (Å²) < 4.78 is 23.3. The molecule has 2 rings (SSSR count). The van der Waals surface area contributed by atoms with Gasteiger partial charge in [-0.05, 0) is 39.3 Å². The van der Waals surface area contributed by atoms with Crippen LogP contribution < -0.4 is 15.5 Å². The summed E-state index contributed by atoms with van der Waals surface area (Å²) in [5, 5.41) is 5.39. The predicted molar refractivity (Wildman–Crippen MR) is 91.6 cm³/mol. The third-order valence-electron chi connectivity index (χ3n) is 3.73. The van der Waals surface area contributed by atoms with Gasteiger partial charge in [0.1, 0.15) is 5.82 Å². The highest BCUT2D eigenvalue weighted by atomic mass is 32.2. The van der Waals surface area contributed by atoms with Gasteiger partial charge in [-0.25, -0.2) is 18.2 Å². The van der Waals surface area contributed by atoms with Crippen LogP contribution in [0.1, 0.15) is 27.2 Å². The van der Waals surface area contributed by atoms with Crippen molar-refractivity contribution in [3.8, 4) is 0 Å². The molecule has 2 amide bonds. The fourth-order valence-electron chi connectivity index (χ4n) is 2.72. The molecule has 0 aliphatic carbocycles. The normalized spacial score (nSPS) is 19.6. The SMILES string of the molecule is CCN(c1ccc(NC(=O)NC(C)C)nc1)C1CCS(=O)(=O)C1. The molecular formula is C15H24N4O3S. The van der Waals surface area contributed by atoms with Crippen molar-refractivity contribution in [1.29, 1.82) is 0 Å². The van der Waals surface area contributed by atoms with E-state index >= 15 is 0 Å². The Bertz CT molecular complexity index is 643. The Balaban J connectivity index is 2.04. The van der Waals surface area contributed by atoms with E-state index in [-0.39, 0.29) is 29.6 Å². The molecule has 1 unspecified atom stereocenters. The summed E-state index contributed by atoms with van der Waals surface area (Å²) in [4.78, 5) is 17.9. The minimum absolute atomic E-state index is 0.00477. The fraction of sp³-hybridized carbons (Fsp3) is 0.600. The van der Waals surface area contributed by atoms with Gasteiger partial charge < -0.3 is 10.2 Å². The standard InChI is InChI=1S/C15H24N4O3S/c1-4-19(13-7-8-23(21,22)10-13)12-5-6-14(16-9-12)18-15(20)17-11(2)3/h5-6,9,11,13H,4,7-8,10H2,1-3H3,(H2,16,17,18,20). The molecule has 2 N–H and O–H groups in total. The van der Waals surface area contributed by atoms with Gasteiger partial charge in [-0.2, -0.15) is 0 Å². The number of aromatic nitrogens is 1. The van der Waals surface area contributed by atoms with E-state index in [4.69, 9.17) is 0 Å². The summed E-state index contributed by atoms with van der Waals surface area (Å²) in [7, 11) is -2.92. The molecule has 1 aliphatic rings. The minimum Gasteiger partial charge on any atom is -0.367 e. The number of amides is 2. The van der Waals surface area contributed by atoms with Crippen LogP contribution in [0.5, 0.6) is 0 Å². The van der Waals surface area contributed by atoms with Crippen LogP contribution in [0.2, 0.25) is 0 Å². The van der Waals surface area contributed by atoms with Crippen molar-refractivity contribution in [3.05, 3.63) is 18.3 Å². The average Bonchev–Trinajstić information content (AvgIpc) is 2.80. The first-order valence-corrected chi connectivity index (χ1v) is 9.63. The summed E-state index contributed by atoms with van der Waals surface area (Å²) in [6.45, 7) is 6.46. The zero-order valence-electron chi connectivity index (χ0n) is 13.7. The molecule has 1 aromatic heterocycles. The highest BCUT2D eigenvalue weighted by molar-refractivity contribution is 7.91. The zero-order chi connectivity index (χ0) is 17.0. The number of carbonyl (C=O) groups excluding carboxylic acids is 1. The second-order valence-electron chi connectivity index (χ2n) is 6.00. The molecule has 23 heavy (non-hydrogen) atoms. The quantitative estimate of drug-likeness (QED) is 0.850. The molecular weight excluding hydrogens is 316 g/mol. The summed E-state index contributed by atoms with van der Waals surface area (Å²) in [5.41, 5.74) is 0.865. The van der Waals surface area contributed by atoms with Crippen LogP contribution in [0.3, 0.4) is 0 Å². The van der Waals surface area contributed by atoms with Crippen molar-refractivity contribution in [3.63, 3.8) is 0 Å². The smallest absolute Gasteiger partial charge is 0.320 e. The fourth-order valence-corrected chi connectivity index (χ4v) is 4.45. The van der Waals surface area contributed by atoms with Gasteiger partial charge in [-0.1, -0.05) is 0 Å². The molecule has 0 radical (unpaired) electrons. The van der Waals surface area contributed by atoms with Gasteiger partial charge in [0.05, 0.1) is 23.4 Å². The maximum atomic E-state index is 11.7. The van der Waals surface area contributed by atoms with Crippen molar-refractivity contribution in [2.75, 3.05) is 28.3 Å². The van der Waals surface area contributed by atoms with Crippen molar-refractivity contribution in [1.82, 2.24) is 10.3 Å². The Hall–Kier alpha value is -1.83. The van der Waals surface area contributed by atoms with Crippen LogP contribution in [0, 0.1) is 0 Å². The monoisotopic (exact) mass is 340 g/mol. The van der Waals surface area contributed by atoms with Gasteiger partial charge in [0.25, 0.3) is 0 Å². The Labute approximate surface area is 137 Å². The predicted octanol–water partition coefficient (Wildman–Crippen LogP) is 1.62. The molecule has 1 aliphatic heterocycles. The zero-order valence-corrected chi connectivity index (χ0v) is 14.6. The van der Waals surface area contributed by atoms with Crippen LogP contribution in [-0.2, 0) is 9.84 Å². The summed E-state index contributed by atoms with van der Waals surface area (Å²) in [6, 6.07) is 3.33. The second-order valence-corrected chi connectivity index (χ2v) is 8.23. The summed E-state index contributed by atoms with van der Waals surface area (Å²) >= 11 is 0. The minimum atomic E-state index is -2.92. The molecule has 7 nitrogen and oxygen atoms in total. The van der Waals surface area contributed by atoms with E-state index in [2.05, 4.69) is 20.5 Å². The second kappa shape index (κ2) is 7.16. The van der Waals surface area contributed by atoms with E-state index in [9.17, 15) is 13.2 Å². The molecule has 0 bridgehead atoms.